The van der Waals surface area contributed by atoms with Gasteiger partial charge in [0.15, 0.2) is 0 Å². The normalized spacial score (nSPS) is 10.2. The van der Waals surface area contributed by atoms with Gasteiger partial charge in [0.2, 0.25) is 0 Å². The molecule has 0 bridgehead atoms. The lowest BCUT2D eigenvalue weighted by Crippen LogP contribution is -2.22. The van der Waals surface area contributed by atoms with Crippen molar-refractivity contribution in [3.8, 4) is 11.8 Å². The molecule has 1 rings (SSSR count). The molecule has 0 aliphatic heterocycles. The summed E-state index contributed by atoms with van der Waals surface area (Å²) in [7, 11) is 0. The van der Waals surface area contributed by atoms with Gasteiger partial charge in [0.05, 0.1) is 11.9 Å². The van der Waals surface area contributed by atoms with Crippen LogP contribution in [0.4, 0.5) is 0 Å². The molecule has 0 atom stereocenters. The summed E-state index contributed by atoms with van der Waals surface area (Å²) in [4.78, 5) is 11.3. The quantitative estimate of drug-likeness (QED) is 0.489. The molecule has 1 aromatic rings. The molecular weight excluding hydrogens is 204 g/mol. The number of esters is 1. The van der Waals surface area contributed by atoms with E-state index >= 15 is 0 Å². The molecular formula is C12H14N2O2. The van der Waals surface area contributed by atoms with E-state index in [1.165, 1.54) is 6.20 Å². The molecule has 0 unspecified atom stereocenters. The van der Waals surface area contributed by atoms with Gasteiger partial charge in [-0.05, 0) is 33.8 Å². The summed E-state index contributed by atoms with van der Waals surface area (Å²) in [5.74, 6) is 4.54. The van der Waals surface area contributed by atoms with Crippen molar-refractivity contribution in [2.45, 2.75) is 33.3 Å². The van der Waals surface area contributed by atoms with Crippen molar-refractivity contribution in [2.24, 2.45) is 0 Å². The first-order chi connectivity index (χ1) is 7.37. The first-order valence-corrected chi connectivity index (χ1v) is 4.91. The molecule has 0 aliphatic rings. The van der Waals surface area contributed by atoms with Crippen molar-refractivity contribution in [3.63, 3.8) is 0 Å². The van der Waals surface area contributed by atoms with Gasteiger partial charge in [0.25, 0.3) is 0 Å². The maximum absolute atomic E-state index is 11.3. The van der Waals surface area contributed by atoms with E-state index in [2.05, 4.69) is 22.0 Å². The van der Waals surface area contributed by atoms with Crippen LogP contribution in [0.15, 0.2) is 12.3 Å². The van der Waals surface area contributed by atoms with Gasteiger partial charge in [-0.1, -0.05) is 5.92 Å². The third kappa shape index (κ3) is 4.56. The second-order valence-electron chi connectivity index (χ2n) is 4.34. The summed E-state index contributed by atoms with van der Waals surface area (Å²) in [5, 5.41) is 7.52. The average molecular weight is 218 g/mol. The van der Waals surface area contributed by atoms with Crippen molar-refractivity contribution in [1.29, 1.82) is 0 Å². The van der Waals surface area contributed by atoms with Crippen LogP contribution in [0.5, 0.6) is 0 Å². The first-order valence-electron chi connectivity index (χ1n) is 4.91. The summed E-state index contributed by atoms with van der Waals surface area (Å²) in [5.41, 5.74) is 0.896. The zero-order chi connectivity index (χ0) is 12.2. The molecule has 0 amide bonds. The Morgan fingerprint density at radius 1 is 1.44 bits per heavy atom. The first kappa shape index (κ1) is 12.2. The molecule has 0 spiro atoms. The number of aromatic nitrogens is 2. The van der Waals surface area contributed by atoms with Gasteiger partial charge in [0, 0.05) is 11.5 Å². The predicted molar refractivity (Wildman–Crippen MR) is 59.5 cm³/mol. The van der Waals surface area contributed by atoms with E-state index < -0.39 is 11.6 Å². The second kappa shape index (κ2) is 4.75. The minimum atomic E-state index is -0.540. The molecule has 0 aromatic carbocycles. The molecule has 4 heteroatoms. The number of hydrogen-bond acceptors (Lipinski definition) is 4. The molecule has 0 radical (unpaired) electrons. The molecule has 0 N–H and O–H groups in total. The van der Waals surface area contributed by atoms with Crippen LogP contribution in [-0.2, 0) is 9.53 Å². The number of carbonyl (C=O) groups is 1. The van der Waals surface area contributed by atoms with E-state index in [9.17, 15) is 4.79 Å². The zero-order valence-electron chi connectivity index (χ0n) is 9.87. The fourth-order valence-corrected chi connectivity index (χ4v) is 0.968. The third-order valence-electron chi connectivity index (χ3n) is 1.48. The topological polar surface area (TPSA) is 52.1 Å². The Morgan fingerprint density at radius 3 is 2.69 bits per heavy atom. The van der Waals surface area contributed by atoms with Gasteiger partial charge in [-0.15, -0.1) is 0 Å². The van der Waals surface area contributed by atoms with Crippen LogP contribution in [0.25, 0.3) is 0 Å². The third-order valence-corrected chi connectivity index (χ3v) is 1.48. The number of rotatable bonds is 0. The summed E-state index contributed by atoms with van der Waals surface area (Å²) in [6.45, 7) is 7.20. The SMILES string of the molecule is Cc1cc(C#CC(=O)OC(C)(C)C)cnn1. The van der Waals surface area contributed by atoms with Crippen molar-refractivity contribution >= 4 is 5.97 Å². The average Bonchev–Trinajstić information content (AvgIpc) is 2.12. The van der Waals surface area contributed by atoms with Crippen molar-refractivity contribution < 1.29 is 9.53 Å². The van der Waals surface area contributed by atoms with Gasteiger partial charge in [-0.25, -0.2) is 4.79 Å². The Bertz CT molecular complexity index is 450. The van der Waals surface area contributed by atoms with Gasteiger partial charge in [-0.2, -0.15) is 10.2 Å². The molecule has 0 saturated carbocycles. The van der Waals surface area contributed by atoms with Crippen LogP contribution >= 0.6 is 0 Å². The Morgan fingerprint density at radius 2 is 2.12 bits per heavy atom. The van der Waals surface area contributed by atoms with Gasteiger partial charge < -0.3 is 4.74 Å². The maximum atomic E-state index is 11.3. The molecule has 84 valence electrons. The largest absolute Gasteiger partial charge is 0.450 e. The van der Waals surface area contributed by atoms with E-state index in [-0.39, 0.29) is 0 Å². The van der Waals surface area contributed by atoms with Gasteiger partial charge in [-0.3, -0.25) is 0 Å². The number of nitrogens with zero attached hydrogens (tertiary/aromatic N) is 2. The Hall–Kier alpha value is -1.89. The van der Waals surface area contributed by atoms with Crippen LogP contribution in [0.2, 0.25) is 0 Å². The number of ether oxygens (including phenoxy) is 1. The highest BCUT2D eigenvalue weighted by molar-refractivity contribution is 5.89. The van der Waals surface area contributed by atoms with Gasteiger partial charge in [0.1, 0.15) is 5.60 Å². The fourth-order valence-electron chi connectivity index (χ4n) is 0.968. The number of carbonyl (C=O) groups excluding carboxylic acids is 1. The molecule has 0 aliphatic carbocycles. The Labute approximate surface area is 95.0 Å². The lowest BCUT2D eigenvalue weighted by Gasteiger charge is -2.16. The van der Waals surface area contributed by atoms with Crippen LogP contribution in [0.1, 0.15) is 32.0 Å². The number of hydrogen-bond donors (Lipinski definition) is 0. The fraction of sp³-hybridized carbons (Fsp3) is 0.417. The van der Waals surface area contributed by atoms with Crippen molar-refractivity contribution in [1.82, 2.24) is 10.2 Å². The van der Waals surface area contributed by atoms with Crippen LogP contribution < -0.4 is 0 Å². The summed E-state index contributed by atoms with van der Waals surface area (Å²) >= 11 is 0. The standard InChI is InChI=1S/C12H14N2O2/c1-9-7-10(8-13-14-9)5-6-11(15)16-12(2,3)4/h7-8H,1-4H3. The monoisotopic (exact) mass is 218 g/mol. The van der Waals surface area contributed by atoms with Crippen LogP contribution in [-0.4, -0.2) is 21.8 Å². The van der Waals surface area contributed by atoms with E-state index in [1.807, 2.05) is 6.92 Å². The van der Waals surface area contributed by atoms with Crippen molar-refractivity contribution in [2.75, 3.05) is 0 Å². The van der Waals surface area contributed by atoms with Gasteiger partial charge >= 0.3 is 5.97 Å². The van der Waals surface area contributed by atoms with E-state index in [1.54, 1.807) is 26.8 Å². The van der Waals surface area contributed by atoms with Crippen LogP contribution in [0.3, 0.4) is 0 Å². The highest BCUT2D eigenvalue weighted by atomic mass is 16.6. The molecule has 0 fully saturated rings. The second-order valence-corrected chi connectivity index (χ2v) is 4.34. The molecule has 16 heavy (non-hydrogen) atoms. The van der Waals surface area contributed by atoms with Crippen molar-refractivity contribution in [3.05, 3.63) is 23.5 Å². The van der Waals surface area contributed by atoms with E-state index in [0.717, 1.165) is 5.69 Å². The molecule has 1 heterocycles. The maximum Gasteiger partial charge on any atom is 0.385 e. The lowest BCUT2D eigenvalue weighted by molar-refractivity contribution is -0.147. The highest BCUT2D eigenvalue weighted by Gasteiger charge is 2.14. The summed E-state index contributed by atoms with van der Waals surface area (Å²) in [6, 6.07) is 1.75. The summed E-state index contributed by atoms with van der Waals surface area (Å²) < 4.78 is 5.04. The molecule has 0 saturated heterocycles. The van der Waals surface area contributed by atoms with E-state index in [4.69, 9.17) is 4.74 Å². The minimum absolute atomic E-state index is 0.516. The minimum Gasteiger partial charge on any atom is -0.450 e. The molecule has 1 aromatic heterocycles. The lowest BCUT2D eigenvalue weighted by atomic mass is 10.2. The predicted octanol–water partition coefficient (Wildman–Crippen LogP) is 1.48. The molecule has 4 nitrogen and oxygen atoms in total. The summed E-state index contributed by atoms with van der Waals surface area (Å²) in [6.07, 6.45) is 1.50. The smallest absolute Gasteiger partial charge is 0.385 e. The Kier molecular flexibility index (Phi) is 3.62. The number of aryl methyl sites for hydroxylation is 1. The highest BCUT2D eigenvalue weighted by Crippen LogP contribution is 2.06. The Balaban J connectivity index is 2.71. The van der Waals surface area contributed by atoms with E-state index in [0.29, 0.717) is 5.56 Å². The van der Waals surface area contributed by atoms with Crippen LogP contribution in [0, 0.1) is 18.8 Å². The zero-order valence-corrected chi connectivity index (χ0v) is 9.87.